The molecule has 1 aliphatic carbocycles. The summed E-state index contributed by atoms with van der Waals surface area (Å²) >= 11 is 0. The van der Waals surface area contributed by atoms with Gasteiger partial charge in [-0.3, -0.25) is 14.4 Å². The molecule has 2 aromatic carbocycles. The number of nitrogens with zero attached hydrogens (tertiary/aromatic N) is 6. The molecule has 2 amide bonds. The summed E-state index contributed by atoms with van der Waals surface area (Å²) < 4.78 is 18.7. The molecule has 2 fully saturated rings. The molecule has 0 atom stereocenters. The van der Waals surface area contributed by atoms with Crippen LogP contribution in [0, 0.1) is 6.92 Å². The van der Waals surface area contributed by atoms with E-state index >= 15 is 0 Å². The maximum absolute atomic E-state index is 13.2. The molecule has 0 unspecified atom stereocenters. The quantitative estimate of drug-likeness (QED) is 0.320. The van der Waals surface area contributed by atoms with Gasteiger partial charge < -0.3 is 24.4 Å². The molecule has 4 aromatic rings. The number of aryl methyl sites for hydroxylation is 2. The van der Waals surface area contributed by atoms with Gasteiger partial charge in [-0.15, -0.1) is 0 Å². The van der Waals surface area contributed by atoms with E-state index in [0.717, 1.165) is 35.0 Å². The van der Waals surface area contributed by atoms with Crippen LogP contribution in [-0.2, 0) is 16.5 Å². The first-order valence-corrected chi connectivity index (χ1v) is 14.8. The van der Waals surface area contributed by atoms with Gasteiger partial charge in [0.25, 0.3) is 5.91 Å². The summed E-state index contributed by atoms with van der Waals surface area (Å²) in [6.07, 6.45) is 3.53. The zero-order valence-corrected chi connectivity index (χ0v) is 26.4. The molecule has 1 N–H and O–H groups in total. The second-order valence-electron chi connectivity index (χ2n) is 12.6. The van der Waals surface area contributed by atoms with E-state index < -0.39 is 5.60 Å². The summed E-state index contributed by atoms with van der Waals surface area (Å²) in [6, 6.07) is 7.85. The molecule has 2 aromatic heterocycles. The van der Waals surface area contributed by atoms with Crippen molar-refractivity contribution in [2.45, 2.75) is 51.7 Å². The van der Waals surface area contributed by atoms with Crippen LogP contribution in [0.4, 0.5) is 10.5 Å². The average molecular weight is 602 g/mol. The lowest BCUT2D eigenvalue weighted by atomic mass is 10.0. The number of anilines is 1. The molecule has 3 heterocycles. The Morgan fingerprint density at radius 1 is 1.11 bits per heavy atom. The minimum Gasteiger partial charge on any atom is -0.466 e. The Morgan fingerprint density at radius 2 is 1.89 bits per heavy atom. The largest absolute Gasteiger partial charge is 0.466 e. The zero-order chi connectivity index (χ0) is 31.4. The minimum atomic E-state index is -0.545. The number of hydrogen-bond donors (Lipinski definition) is 1. The number of benzene rings is 2. The smallest absolute Gasteiger partial charge is 0.410 e. The van der Waals surface area contributed by atoms with Crippen molar-refractivity contribution < 1.29 is 23.8 Å². The number of nitrogens with one attached hydrogen (secondary N) is 1. The van der Waals surface area contributed by atoms with Crippen LogP contribution in [0.2, 0.25) is 0 Å². The van der Waals surface area contributed by atoms with Crippen molar-refractivity contribution in [3.8, 4) is 17.1 Å². The normalized spacial score (nSPS) is 16.1. The third kappa shape index (κ3) is 5.38. The lowest BCUT2D eigenvalue weighted by Gasteiger charge is -2.43. The number of ether oxygens (including phenoxy) is 3. The lowest BCUT2D eigenvalue weighted by Crippen LogP contribution is -2.58. The van der Waals surface area contributed by atoms with Crippen molar-refractivity contribution in [1.29, 1.82) is 0 Å². The Labute approximate surface area is 256 Å². The molecule has 44 heavy (non-hydrogen) atoms. The van der Waals surface area contributed by atoms with E-state index in [1.54, 1.807) is 18.8 Å². The summed E-state index contributed by atoms with van der Waals surface area (Å²) in [5.41, 5.74) is 3.35. The number of hydrogen-bond acceptors (Lipinski definition) is 9. The Bertz CT molecular complexity index is 1770. The number of piperazine rings is 1. The van der Waals surface area contributed by atoms with Crippen LogP contribution in [0.3, 0.4) is 0 Å². The van der Waals surface area contributed by atoms with E-state index in [4.69, 9.17) is 24.2 Å². The fourth-order valence-electron chi connectivity index (χ4n) is 6.00. The summed E-state index contributed by atoms with van der Waals surface area (Å²) in [5, 5.41) is 8.87. The number of carbonyl (C=O) groups is 2. The van der Waals surface area contributed by atoms with Crippen LogP contribution < -0.4 is 15.0 Å². The van der Waals surface area contributed by atoms with Gasteiger partial charge in [-0.1, -0.05) is 0 Å². The van der Waals surface area contributed by atoms with Gasteiger partial charge in [0.15, 0.2) is 12.6 Å². The molecule has 1 saturated carbocycles. The molecule has 12 heteroatoms. The van der Waals surface area contributed by atoms with Crippen LogP contribution in [-0.4, -0.2) is 88.4 Å². The highest BCUT2D eigenvalue weighted by molar-refractivity contribution is 6.06. The van der Waals surface area contributed by atoms with Crippen LogP contribution in [0.5, 0.6) is 5.75 Å². The maximum Gasteiger partial charge on any atom is 0.410 e. The predicted octanol–water partition coefficient (Wildman–Crippen LogP) is 4.42. The fourth-order valence-corrected chi connectivity index (χ4v) is 6.00. The monoisotopic (exact) mass is 601 g/mol. The van der Waals surface area contributed by atoms with Crippen LogP contribution in [0.1, 0.15) is 49.7 Å². The van der Waals surface area contributed by atoms with Gasteiger partial charge >= 0.3 is 6.09 Å². The average Bonchev–Trinajstić information content (AvgIpc) is 3.63. The molecule has 6 rings (SSSR count). The highest BCUT2D eigenvalue weighted by atomic mass is 16.7. The van der Waals surface area contributed by atoms with Crippen molar-refractivity contribution in [3.05, 3.63) is 41.7 Å². The molecular weight excluding hydrogens is 562 g/mol. The number of rotatable bonds is 6. The van der Waals surface area contributed by atoms with Crippen molar-refractivity contribution in [2.75, 3.05) is 45.5 Å². The van der Waals surface area contributed by atoms with E-state index in [9.17, 15) is 9.59 Å². The third-order valence-corrected chi connectivity index (χ3v) is 8.24. The molecular formula is C32H39N7O5. The van der Waals surface area contributed by atoms with Gasteiger partial charge in [0, 0.05) is 69.1 Å². The first kappa shape index (κ1) is 29.6. The molecule has 232 valence electrons. The number of amides is 2. The summed E-state index contributed by atoms with van der Waals surface area (Å²) in [6.45, 7) is 9.53. The Kier molecular flexibility index (Phi) is 7.35. The van der Waals surface area contributed by atoms with Crippen molar-refractivity contribution in [1.82, 2.24) is 30.0 Å². The first-order valence-electron chi connectivity index (χ1n) is 14.8. The zero-order valence-electron chi connectivity index (χ0n) is 26.4. The predicted molar refractivity (Wildman–Crippen MR) is 167 cm³/mol. The summed E-state index contributed by atoms with van der Waals surface area (Å²) in [4.78, 5) is 40.1. The lowest BCUT2D eigenvalue weighted by molar-refractivity contribution is 0.0106. The second-order valence-corrected chi connectivity index (χ2v) is 12.6. The van der Waals surface area contributed by atoms with Crippen LogP contribution in [0.15, 0.2) is 30.5 Å². The van der Waals surface area contributed by atoms with Crippen molar-refractivity contribution >= 4 is 39.5 Å². The van der Waals surface area contributed by atoms with E-state index in [1.807, 2.05) is 70.1 Å². The number of aromatic nitrogens is 4. The summed E-state index contributed by atoms with van der Waals surface area (Å²) in [7, 11) is 5.02. The van der Waals surface area contributed by atoms with Gasteiger partial charge in [-0.25, -0.2) is 14.8 Å². The molecule has 0 bridgehead atoms. The molecule has 0 radical (unpaired) electrons. The second kappa shape index (κ2) is 10.9. The number of fused-ring (bicyclic) bond motifs is 2. The van der Waals surface area contributed by atoms with Gasteiger partial charge in [0.05, 0.1) is 22.1 Å². The standard InChI is InChI=1S/C32H39N7O5/c1-19-25-20(16-37(6)36-25)14-23(27(19)43-18-42-7)28-34-24-9-8-21(15-22(24)26(35-28)29(40)33-5)38-12-13-39(32(17-38)10-11-32)30(41)44-31(2,3)4/h8-9,14-16H,10-13,17-18H2,1-7H3,(H,33,40). The number of methoxy groups -OCH3 is 1. The van der Waals surface area contributed by atoms with Crippen LogP contribution in [0.25, 0.3) is 33.2 Å². The summed E-state index contributed by atoms with van der Waals surface area (Å²) in [5.74, 6) is 0.601. The van der Waals surface area contributed by atoms with E-state index in [1.165, 1.54) is 0 Å². The van der Waals surface area contributed by atoms with Crippen LogP contribution >= 0.6 is 0 Å². The molecule has 1 aliphatic heterocycles. The van der Waals surface area contributed by atoms with Gasteiger partial charge in [-0.05, 0) is 64.8 Å². The van der Waals surface area contributed by atoms with Gasteiger partial charge in [0.2, 0.25) is 0 Å². The Hall–Kier alpha value is -4.45. The molecule has 12 nitrogen and oxygen atoms in total. The first-order chi connectivity index (χ1) is 20.9. The highest BCUT2D eigenvalue weighted by Gasteiger charge is 2.54. The Balaban J connectivity index is 1.39. The SMILES string of the molecule is CNC(=O)c1nc(-c2cc3cn(C)nc3c(C)c2OCOC)nc2ccc(N3CCN(C(=O)OC(C)(C)C)C4(CC4)C3)cc12. The van der Waals surface area contributed by atoms with Gasteiger partial charge in [0.1, 0.15) is 17.0 Å². The highest BCUT2D eigenvalue weighted by Crippen LogP contribution is 2.46. The third-order valence-electron chi connectivity index (χ3n) is 8.24. The van der Waals surface area contributed by atoms with E-state index in [2.05, 4.69) is 15.3 Å². The molecule has 1 spiro atoms. The van der Waals surface area contributed by atoms with Gasteiger partial charge in [-0.2, -0.15) is 5.10 Å². The molecule has 1 saturated heterocycles. The maximum atomic E-state index is 13.2. The minimum absolute atomic E-state index is 0.0358. The Morgan fingerprint density at radius 3 is 2.57 bits per heavy atom. The van der Waals surface area contributed by atoms with Crippen molar-refractivity contribution in [3.63, 3.8) is 0 Å². The fraction of sp³-hybridized carbons (Fsp3) is 0.469. The number of carbonyl (C=O) groups excluding carboxylic acids is 2. The van der Waals surface area contributed by atoms with Crippen molar-refractivity contribution in [2.24, 2.45) is 7.05 Å². The molecule has 2 aliphatic rings. The van der Waals surface area contributed by atoms with E-state index in [0.29, 0.717) is 47.7 Å². The topological polar surface area (TPSA) is 124 Å². The van der Waals surface area contributed by atoms with E-state index in [-0.39, 0.29) is 30.0 Å².